The third-order valence-electron chi connectivity index (χ3n) is 3.28. The summed E-state index contributed by atoms with van der Waals surface area (Å²) in [5.74, 6) is 0.583. The first-order chi connectivity index (χ1) is 8.51. The average molecular weight is 269 g/mol. The zero-order valence-electron chi connectivity index (χ0n) is 10.5. The Kier molecular flexibility index (Phi) is 3.78. The zero-order chi connectivity index (χ0) is 13.3. The van der Waals surface area contributed by atoms with Crippen LogP contribution in [0.15, 0.2) is 12.1 Å². The van der Waals surface area contributed by atoms with E-state index >= 15 is 0 Å². The Morgan fingerprint density at radius 1 is 1.50 bits per heavy atom. The van der Waals surface area contributed by atoms with Crippen molar-refractivity contribution >= 4 is 23.2 Å². The highest BCUT2D eigenvalue weighted by Gasteiger charge is 2.32. The summed E-state index contributed by atoms with van der Waals surface area (Å²) in [6.45, 7) is 1.89. The molecular formula is C13H17ClN2O2. The number of hydrogen-bond acceptors (Lipinski definition) is 3. The molecule has 4 nitrogen and oxygen atoms in total. The first kappa shape index (κ1) is 13.2. The van der Waals surface area contributed by atoms with Gasteiger partial charge in [0.15, 0.2) is 0 Å². The summed E-state index contributed by atoms with van der Waals surface area (Å²) in [7, 11) is 1.55. The van der Waals surface area contributed by atoms with E-state index in [0.717, 1.165) is 18.4 Å². The third kappa shape index (κ3) is 2.60. The van der Waals surface area contributed by atoms with Gasteiger partial charge in [-0.25, -0.2) is 0 Å². The molecule has 1 amide bonds. The number of aryl methyl sites for hydroxylation is 1. The van der Waals surface area contributed by atoms with Gasteiger partial charge in [-0.15, -0.1) is 0 Å². The second-order valence-electron chi connectivity index (χ2n) is 4.72. The Morgan fingerprint density at radius 2 is 2.17 bits per heavy atom. The molecule has 0 radical (unpaired) electrons. The van der Waals surface area contributed by atoms with E-state index in [2.05, 4.69) is 5.32 Å². The van der Waals surface area contributed by atoms with Crippen LogP contribution in [-0.2, 0) is 4.79 Å². The summed E-state index contributed by atoms with van der Waals surface area (Å²) in [4.78, 5) is 11.9. The fourth-order valence-electron chi connectivity index (χ4n) is 2.04. The van der Waals surface area contributed by atoms with Crippen LogP contribution in [0.2, 0.25) is 5.02 Å². The van der Waals surface area contributed by atoms with E-state index in [4.69, 9.17) is 22.1 Å². The first-order valence-corrected chi connectivity index (χ1v) is 6.29. The van der Waals surface area contributed by atoms with Gasteiger partial charge >= 0.3 is 0 Å². The smallest absolute Gasteiger partial charge is 0.227 e. The first-order valence-electron chi connectivity index (χ1n) is 5.92. The molecular weight excluding hydrogens is 252 g/mol. The molecule has 2 rings (SSSR count). The van der Waals surface area contributed by atoms with Crippen LogP contribution in [-0.4, -0.2) is 19.1 Å². The van der Waals surface area contributed by atoms with E-state index in [1.165, 1.54) is 0 Å². The molecule has 1 saturated carbocycles. The minimum Gasteiger partial charge on any atom is -0.495 e. The van der Waals surface area contributed by atoms with Crippen molar-refractivity contribution < 1.29 is 9.53 Å². The van der Waals surface area contributed by atoms with Crippen molar-refractivity contribution in [1.29, 1.82) is 0 Å². The largest absolute Gasteiger partial charge is 0.495 e. The van der Waals surface area contributed by atoms with E-state index in [9.17, 15) is 4.79 Å². The average Bonchev–Trinajstić information content (AvgIpc) is 2.29. The van der Waals surface area contributed by atoms with Crippen LogP contribution in [0.4, 0.5) is 5.69 Å². The number of nitrogens with two attached hydrogens (primary N) is 1. The van der Waals surface area contributed by atoms with Crippen molar-refractivity contribution in [3.8, 4) is 5.75 Å². The molecule has 98 valence electrons. The van der Waals surface area contributed by atoms with Crippen LogP contribution in [0.1, 0.15) is 18.4 Å². The van der Waals surface area contributed by atoms with Crippen LogP contribution in [0.5, 0.6) is 5.75 Å². The quantitative estimate of drug-likeness (QED) is 0.884. The van der Waals surface area contributed by atoms with Gasteiger partial charge in [0.2, 0.25) is 5.91 Å². The fourth-order valence-corrected chi connectivity index (χ4v) is 2.19. The number of hydrogen-bond donors (Lipinski definition) is 2. The zero-order valence-corrected chi connectivity index (χ0v) is 11.3. The second-order valence-corrected chi connectivity index (χ2v) is 5.13. The van der Waals surface area contributed by atoms with E-state index in [1.54, 1.807) is 13.2 Å². The highest BCUT2D eigenvalue weighted by Crippen LogP contribution is 2.33. The Bertz CT molecular complexity index is 470. The third-order valence-corrected chi connectivity index (χ3v) is 3.69. The summed E-state index contributed by atoms with van der Waals surface area (Å²) in [6, 6.07) is 3.69. The summed E-state index contributed by atoms with van der Waals surface area (Å²) in [5.41, 5.74) is 7.24. The molecule has 0 saturated heterocycles. The van der Waals surface area contributed by atoms with Crippen LogP contribution in [0.3, 0.4) is 0 Å². The molecule has 1 aliphatic rings. The number of halogens is 1. The molecule has 1 aliphatic carbocycles. The summed E-state index contributed by atoms with van der Waals surface area (Å²) < 4.78 is 5.21. The van der Waals surface area contributed by atoms with Gasteiger partial charge in [0.25, 0.3) is 0 Å². The molecule has 0 bridgehead atoms. The Morgan fingerprint density at radius 3 is 2.72 bits per heavy atom. The second kappa shape index (κ2) is 5.16. The molecule has 1 fully saturated rings. The van der Waals surface area contributed by atoms with Crippen LogP contribution >= 0.6 is 11.6 Å². The van der Waals surface area contributed by atoms with Crippen LogP contribution in [0.25, 0.3) is 0 Å². The molecule has 0 spiro atoms. The summed E-state index contributed by atoms with van der Waals surface area (Å²) in [6.07, 6.45) is 1.50. The normalized spacial score (nSPS) is 22.2. The van der Waals surface area contributed by atoms with E-state index in [1.807, 2.05) is 13.0 Å². The van der Waals surface area contributed by atoms with Crippen molar-refractivity contribution in [2.24, 2.45) is 11.7 Å². The number of carbonyl (C=O) groups excluding carboxylic acids is 1. The Hall–Kier alpha value is -1.26. The molecule has 3 N–H and O–H groups in total. The lowest BCUT2D eigenvalue weighted by atomic mass is 9.80. The van der Waals surface area contributed by atoms with Gasteiger partial charge in [-0.05, 0) is 31.4 Å². The van der Waals surface area contributed by atoms with Crippen molar-refractivity contribution in [3.05, 3.63) is 22.7 Å². The monoisotopic (exact) mass is 268 g/mol. The number of rotatable bonds is 3. The van der Waals surface area contributed by atoms with E-state index in [0.29, 0.717) is 16.5 Å². The Balaban J connectivity index is 2.13. The summed E-state index contributed by atoms with van der Waals surface area (Å²) in [5, 5.41) is 3.49. The van der Waals surface area contributed by atoms with Gasteiger partial charge in [-0.1, -0.05) is 11.6 Å². The number of amides is 1. The maximum absolute atomic E-state index is 11.9. The fraction of sp³-hybridized carbons (Fsp3) is 0.462. The molecule has 1 aromatic rings. The molecule has 0 heterocycles. The van der Waals surface area contributed by atoms with Crippen molar-refractivity contribution in [2.75, 3.05) is 12.4 Å². The lowest BCUT2D eigenvalue weighted by Crippen LogP contribution is -2.42. The number of ether oxygens (including phenoxy) is 1. The van der Waals surface area contributed by atoms with Gasteiger partial charge < -0.3 is 15.8 Å². The standard InChI is InChI=1S/C13H17ClN2O2/c1-7-3-11(12(18-2)6-10(7)14)16-13(17)8-4-9(15)5-8/h3,6,8-9H,4-5,15H2,1-2H3,(H,16,17). The lowest BCUT2D eigenvalue weighted by molar-refractivity contribution is -0.122. The topological polar surface area (TPSA) is 64.3 Å². The van der Waals surface area contributed by atoms with E-state index < -0.39 is 0 Å². The Labute approximate surface area is 111 Å². The SMILES string of the molecule is COc1cc(Cl)c(C)cc1NC(=O)C1CC(N)C1. The predicted molar refractivity (Wildman–Crippen MR) is 72.1 cm³/mol. The molecule has 0 aliphatic heterocycles. The van der Waals surface area contributed by atoms with Gasteiger partial charge in [-0.3, -0.25) is 4.79 Å². The number of anilines is 1. The molecule has 18 heavy (non-hydrogen) atoms. The number of methoxy groups -OCH3 is 1. The molecule has 1 aromatic carbocycles. The lowest BCUT2D eigenvalue weighted by Gasteiger charge is -2.31. The molecule has 0 unspecified atom stereocenters. The van der Waals surface area contributed by atoms with Gasteiger partial charge in [0, 0.05) is 23.0 Å². The van der Waals surface area contributed by atoms with Crippen molar-refractivity contribution in [3.63, 3.8) is 0 Å². The maximum atomic E-state index is 11.9. The van der Waals surface area contributed by atoms with Crippen molar-refractivity contribution in [2.45, 2.75) is 25.8 Å². The van der Waals surface area contributed by atoms with Gasteiger partial charge in [-0.2, -0.15) is 0 Å². The van der Waals surface area contributed by atoms with Gasteiger partial charge in [0.05, 0.1) is 12.8 Å². The highest BCUT2D eigenvalue weighted by atomic mass is 35.5. The van der Waals surface area contributed by atoms with Crippen LogP contribution in [0, 0.1) is 12.8 Å². The van der Waals surface area contributed by atoms with Crippen molar-refractivity contribution in [1.82, 2.24) is 0 Å². The number of benzene rings is 1. The summed E-state index contributed by atoms with van der Waals surface area (Å²) >= 11 is 6.01. The van der Waals surface area contributed by atoms with Gasteiger partial charge in [0.1, 0.15) is 5.75 Å². The predicted octanol–water partition coefficient (Wildman–Crippen LogP) is 2.33. The van der Waals surface area contributed by atoms with Crippen LogP contribution < -0.4 is 15.8 Å². The van der Waals surface area contributed by atoms with E-state index in [-0.39, 0.29) is 17.9 Å². The number of carbonyl (C=O) groups is 1. The minimum absolute atomic E-state index is 0.00303. The minimum atomic E-state index is -0.00303. The molecule has 0 atom stereocenters. The molecule has 5 heteroatoms. The highest BCUT2D eigenvalue weighted by molar-refractivity contribution is 6.31. The maximum Gasteiger partial charge on any atom is 0.227 e. The number of nitrogens with one attached hydrogen (secondary N) is 1. The molecule has 0 aromatic heterocycles.